The fraction of sp³-hybridized carbons (Fsp3) is 0.118. The molecule has 0 aliphatic rings. The number of nitrogens with one attached hydrogen (secondary N) is 1. The van der Waals surface area contributed by atoms with Crippen LogP contribution in [0, 0.1) is 0 Å². The van der Waals surface area contributed by atoms with Crippen molar-refractivity contribution in [3.8, 4) is 5.75 Å². The van der Waals surface area contributed by atoms with E-state index in [1.807, 2.05) is 54.6 Å². The van der Waals surface area contributed by atoms with E-state index in [0.717, 1.165) is 11.4 Å². The van der Waals surface area contributed by atoms with Crippen molar-refractivity contribution in [2.75, 3.05) is 13.2 Å². The van der Waals surface area contributed by atoms with Gasteiger partial charge in [0.2, 0.25) is 5.91 Å². The van der Waals surface area contributed by atoms with E-state index in [9.17, 15) is 4.79 Å². The van der Waals surface area contributed by atoms with Crippen LogP contribution in [0.25, 0.3) is 0 Å². The van der Waals surface area contributed by atoms with Gasteiger partial charge in [0.1, 0.15) is 12.4 Å². The molecule has 0 bridgehead atoms. The van der Waals surface area contributed by atoms with Gasteiger partial charge in [-0.05, 0) is 42.5 Å². The number of rotatable bonds is 7. The maximum atomic E-state index is 10.9. The van der Waals surface area contributed by atoms with Crippen LogP contribution in [-0.2, 0) is 4.79 Å². The van der Waals surface area contributed by atoms with E-state index in [2.05, 4.69) is 22.1 Å². The summed E-state index contributed by atoms with van der Waals surface area (Å²) in [5.74, 6) is 0.506. The number of amides is 1. The number of hydrogen-bond acceptors (Lipinski definition) is 4. The molecule has 2 rings (SSSR count). The van der Waals surface area contributed by atoms with Gasteiger partial charge in [-0.25, -0.2) is 0 Å². The summed E-state index contributed by atoms with van der Waals surface area (Å²) in [7, 11) is 0. The second-order valence-electron chi connectivity index (χ2n) is 4.37. The molecule has 1 N–H and O–H groups in total. The monoisotopic (exact) mass is 295 g/mol. The zero-order valence-electron chi connectivity index (χ0n) is 12.1. The van der Waals surface area contributed by atoms with Crippen LogP contribution in [0.3, 0.4) is 0 Å². The van der Waals surface area contributed by atoms with Crippen LogP contribution in [0.1, 0.15) is 0 Å². The first kappa shape index (κ1) is 15.4. The van der Waals surface area contributed by atoms with E-state index in [4.69, 9.17) is 4.74 Å². The molecule has 0 saturated carbocycles. The maximum absolute atomic E-state index is 10.9. The molecule has 2 aromatic rings. The van der Waals surface area contributed by atoms with E-state index in [0.29, 0.717) is 18.9 Å². The molecule has 0 aliphatic heterocycles. The van der Waals surface area contributed by atoms with E-state index in [1.54, 1.807) is 0 Å². The Kier molecular flexibility index (Phi) is 5.87. The zero-order valence-corrected chi connectivity index (χ0v) is 12.1. The Balaban J connectivity index is 1.81. The number of ether oxygens (including phenoxy) is 1. The molecule has 5 heteroatoms. The molecule has 0 unspecified atom stereocenters. The first-order valence-corrected chi connectivity index (χ1v) is 6.88. The number of carbonyl (C=O) groups excluding carboxylic acids is 1. The van der Waals surface area contributed by atoms with Crippen molar-refractivity contribution in [3.63, 3.8) is 0 Å². The second-order valence-corrected chi connectivity index (χ2v) is 4.37. The Hall–Kier alpha value is -2.95. The highest BCUT2D eigenvalue weighted by atomic mass is 16.5. The smallest absolute Gasteiger partial charge is 0.243 e. The van der Waals surface area contributed by atoms with Crippen LogP contribution in [-0.4, -0.2) is 19.1 Å². The molecule has 2 aromatic carbocycles. The zero-order chi connectivity index (χ0) is 15.6. The van der Waals surface area contributed by atoms with Gasteiger partial charge in [0.15, 0.2) is 0 Å². The lowest BCUT2D eigenvalue weighted by atomic mass is 10.3. The lowest BCUT2D eigenvalue weighted by Gasteiger charge is -2.06. The van der Waals surface area contributed by atoms with Gasteiger partial charge in [0.25, 0.3) is 0 Å². The molecule has 0 atom stereocenters. The highest BCUT2D eigenvalue weighted by molar-refractivity contribution is 5.86. The average Bonchev–Trinajstić information content (AvgIpc) is 2.58. The number of carbonyl (C=O) groups is 1. The predicted octanol–water partition coefficient (Wildman–Crippen LogP) is 3.78. The molecule has 0 spiro atoms. The second kappa shape index (κ2) is 8.36. The highest BCUT2D eigenvalue weighted by Crippen LogP contribution is 2.20. The van der Waals surface area contributed by atoms with Gasteiger partial charge in [0.05, 0.1) is 17.9 Å². The van der Waals surface area contributed by atoms with Gasteiger partial charge in [-0.2, -0.15) is 10.2 Å². The van der Waals surface area contributed by atoms with Crippen molar-refractivity contribution in [3.05, 3.63) is 67.3 Å². The number of azo groups is 1. The summed E-state index contributed by atoms with van der Waals surface area (Å²) in [5.41, 5.74) is 1.55. The highest BCUT2D eigenvalue weighted by Gasteiger charge is 1.96. The van der Waals surface area contributed by atoms with E-state index in [-0.39, 0.29) is 5.91 Å². The number of benzene rings is 2. The largest absolute Gasteiger partial charge is 0.492 e. The summed E-state index contributed by atoms with van der Waals surface area (Å²) in [6.07, 6.45) is 1.23. The molecule has 0 aromatic heterocycles. The van der Waals surface area contributed by atoms with Crippen molar-refractivity contribution in [2.45, 2.75) is 0 Å². The summed E-state index contributed by atoms with van der Waals surface area (Å²) in [5, 5.41) is 10.9. The van der Waals surface area contributed by atoms with Crippen LogP contribution < -0.4 is 10.1 Å². The summed E-state index contributed by atoms with van der Waals surface area (Å²) < 4.78 is 5.50. The first-order valence-electron chi connectivity index (χ1n) is 6.88. The minimum absolute atomic E-state index is 0.208. The molecule has 112 valence electrons. The van der Waals surface area contributed by atoms with Crippen molar-refractivity contribution in [1.29, 1.82) is 0 Å². The summed E-state index contributed by atoms with van der Waals surface area (Å²) >= 11 is 0. The quantitative estimate of drug-likeness (QED) is 0.480. The van der Waals surface area contributed by atoms with Crippen LogP contribution >= 0.6 is 0 Å². The Bertz CT molecular complexity index is 637. The third-order valence-corrected chi connectivity index (χ3v) is 2.73. The van der Waals surface area contributed by atoms with Crippen LogP contribution in [0.2, 0.25) is 0 Å². The molecule has 1 amide bonds. The fourth-order valence-corrected chi connectivity index (χ4v) is 1.63. The Morgan fingerprint density at radius 3 is 2.32 bits per heavy atom. The van der Waals surface area contributed by atoms with Gasteiger partial charge >= 0.3 is 0 Å². The van der Waals surface area contributed by atoms with Crippen molar-refractivity contribution >= 4 is 17.3 Å². The predicted molar refractivity (Wildman–Crippen MR) is 85.8 cm³/mol. The molecule has 0 aliphatic carbocycles. The maximum Gasteiger partial charge on any atom is 0.243 e. The van der Waals surface area contributed by atoms with Crippen LogP contribution in [0.15, 0.2) is 77.5 Å². The van der Waals surface area contributed by atoms with Gasteiger partial charge in [-0.3, -0.25) is 4.79 Å². The average molecular weight is 295 g/mol. The Morgan fingerprint density at radius 1 is 1.05 bits per heavy atom. The minimum atomic E-state index is -0.208. The molecule has 0 saturated heterocycles. The van der Waals surface area contributed by atoms with E-state index in [1.165, 1.54) is 6.08 Å². The van der Waals surface area contributed by atoms with Crippen LogP contribution in [0.5, 0.6) is 5.75 Å². The first-order chi connectivity index (χ1) is 10.8. The standard InChI is InChI=1S/C17H17N3O2/c1-2-17(21)18-12-13-22-16-10-8-15(9-11-16)20-19-14-6-4-3-5-7-14/h2-11H,1,12-13H2,(H,18,21). The summed E-state index contributed by atoms with van der Waals surface area (Å²) in [6.45, 7) is 4.20. The Morgan fingerprint density at radius 2 is 1.68 bits per heavy atom. The molecular formula is C17H17N3O2. The third kappa shape index (κ3) is 5.20. The number of hydrogen-bond donors (Lipinski definition) is 1. The van der Waals surface area contributed by atoms with Gasteiger partial charge < -0.3 is 10.1 Å². The van der Waals surface area contributed by atoms with Crippen molar-refractivity contribution < 1.29 is 9.53 Å². The summed E-state index contributed by atoms with van der Waals surface area (Å²) in [4.78, 5) is 10.9. The van der Waals surface area contributed by atoms with E-state index < -0.39 is 0 Å². The normalized spacial score (nSPS) is 10.4. The molecule has 0 heterocycles. The molecule has 0 fully saturated rings. The van der Waals surface area contributed by atoms with Crippen molar-refractivity contribution in [2.24, 2.45) is 10.2 Å². The lowest BCUT2D eigenvalue weighted by Crippen LogP contribution is -2.26. The van der Waals surface area contributed by atoms with Gasteiger partial charge in [0, 0.05) is 0 Å². The fourth-order valence-electron chi connectivity index (χ4n) is 1.63. The van der Waals surface area contributed by atoms with E-state index >= 15 is 0 Å². The van der Waals surface area contributed by atoms with Crippen LogP contribution in [0.4, 0.5) is 11.4 Å². The Labute approximate surface area is 129 Å². The molecule has 0 radical (unpaired) electrons. The minimum Gasteiger partial charge on any atom is -0.492 e. The number of nitrogens with zero attached hydrogens (tertiary/aromatic N) is 2. The van der Waals surface area contributed by atoms with Crippen molar-refractivity contribution in [1.82, 2.24) is 5.32 Å². The van der Waals surface area contributed by atoms with Gasteiger partial charge in [-0.1, -0.05) is 24.8 Å². The molecular weight excluding hydrogens is 278 g/mol. The molecule has 22 heavy (non-hydrogen) atoms. The SMILES string of the molecule is C=CC(=O)NCCOc1ccc(N=Nc2ccccc2)cc1. The third-order valence-electron chi connectivity index (χ3n) is 2.73. The topological polar surface area (TPSA) is 63.0 Å². The lowest BCUT2D eigenvalue weighted by molar-refractivity contribution is -0.116. The summed E-state index contributed by atoms with van der Waals surface area (Å²) in [6, 6.07) is 16.8. The van der Waals surface area contributed by atoms with Gasteiger partial charge in [-0.15, -0.1) is 0 Å². The molecule has 5 nitrogen and oxygen atoms in total.